The Hall–Kier alpha value is -3.33. The van der Waals surface area contributed by atoms with Crippen molar-refractivity contribution in [3.05, 3.63) is 90.0 Å². The summed E-state index contributed by atoms with van der Waals surface area (Å²) in [5.41, 5.74) is 0.906. The molecule has 0 heterocycles. The average Bonchev–Trinajstić information content (AvgIpc) is 2.69. The van der Waals surface area contributed by atoms with Crippen LogP contribution in [0.3, 0.4) is 0 Å². The second kappa shape index (κ2) is 8.58. The molecule has 156 valence electrons. The van der Waals surface area contributed by atoms with Crippen molar-refractivity contribution in [2.24, 2.45) is 0 Å². The van der Waals surface area contributed by atoms with Crippen molar-refractivity contribution in [2.75, 3.05) is 5.32 Å². The third kappa shape index (κ3) is 5.84. The highest BCUT2D eigenvalue weighted by molar-refractivity contribution is 7.90. The summed E-state index contributed by atoms with van der Waals surface area (Å²) in [6.45, 7) is 0. The number of sulfone groups is 1. The van der Waals surface area contributed by atoms with E-state index in [4.69, 9.17) is 0 Å². The number of ether oxygens (including phenoxy) is 1. The third-order valence-corrected chi connectivity index (χ3v) is 5.70. The lowest BCUT2D eigenvalue weighted by molar-refractivity contribution is -0.274. The zero-order valence-electron chi connectivity index (χ0n) is 15.4. The molecule has 0 bridgehead atoms. The first-order valence-corrected chi connectivity index (χ1v) is 10.3. The van der Waals surface area contributed by atoms with E-state index in [1.807, 2.05) is 0 Å². The molecular formula is C21H16F3NO4S. The van der Waals surface area contributed by atoms with Crippen LogP contribution in [-0.2, 0) is 15.6 Å². The standard InChI is InChI=1S/C21H16F3NO4S/c22-21(23,24)29-18-11-9-17(10-12-18)25-20(26)16-6-4-5-15(13-16)14-30(27,28)19-7-2-1-3-8-19/h1-13H,14H2,(H,25,26). The quantitative estimate of drug-likeness (QED) is 0.603. The van der Waals surface area contributed by atoms with Crippen LogP contribution >= 0.6 is 0 Å². The monoisotopic (exact) mass is 435 g/mol. The Morgan fingerprint density at radius 1 is 0.900 bits per heavy atom. The molecule has 0 spiro atoms. The summed E-state index contributed by atoms with van der Waals surface area (Å²) in [5.74, 6) is -1.21. The van der Waals surface area contributed by atoms with E-state index < -0.39 is 27.9 Å². The largest absolute Gasteiger partial charge is 0.573 e. The fourth-order valence-corrected chi connectivity index (χ4v) is 4.03. The van der Waals surface area contributed by atoms with Crippen molar-refractivity contribution in [3.63, 3.8) is 0 Å². The third-order valence-electron chi connectivity index (χ3n) is 3.99. The zero-order chi connectivity index (χ0) is 21.8. The Labute approximate surface area is 171 Å². The Morgan fingerprint density at radius 3 is 2.20 bits per heavy atom. The van der Waals surface area contributed by atoms with Gasteiger partial charge in [-0.25, -0.2) is 8.42 Å². The maximum Gasteiger partial charge on any atom is 0.573 e. The van der Waals surface area contributed by atoms with E-state index in [1.165, 1.54) is 36.4 Å². The Kier molecular flexibility index (Phi) is 6.12. The number of hydrogen-bond acceptors (Lipinski definition) is 4. The van der Waals surface area contributed by atoms with E-state index >= 15 is 0 Å². The number of rotatable bonds is 6. The van der Waals surface area contributed by atoms with Crippen molar-refractivity contribution >= 4 is 21.4 Å². The normalized spacial score (nSPS) is 11.7. The van der Waals surface area contributed by atoms with Gasteiger partial charge in [0.05, 0.1) is 10.6 Å². The molecule has 0 aliphatic carbocycles. The van der Waals surface area contributed by atoms with Crippen LogP contribution in [0.1, 0.15) is 15.9 Å². The van der Waals surface area contributed by atoms with Gasteiger partial charge in [0.1, 0.15) is 5.75 Å². The maximum atomic E-state index is 12.5. The molecule has 0 saturated carbocycles. The highest BCUT2D eigenvalue weighted by Crippen LogP contribution is 2.24. The molecular weight excluding hydrogens is 419 g/mol. The topological polar surface area (TPSA) is 72.5 Å². The summed E-state index contributed by atoms with van der Waals surface area (Å²) in [5, 5.41) is 2.54. The number of carbonyl (C=O) groups excluding carboxylic acids is 1. The molecule has 9 heteroatoms. The fourth-order valence-electron chi connectivity index (χ4n) is 2.68. The minimum absolute atomic E-state index is 0.182. The molecule has 3 rings (SSSR count). The average molecular weight is 435 g/mol. The molecule has 0 aliphatic heterocycles. The van der Waals surface area contributed by atoms with E-state index in [0.29, 0.717) is 5.56 Å². The van der Waals surface area contributed by atoms with E-state index in [0.717, 1.165) is 12.1 Å². The van der Waals surface area contributed by atoms with Crippen LogP contribution in [0.2, 0.25) is 0 Å². The van der Waals surface area contributed by atoms with Gasteiger partial charge in [0.25, 0.3) is 5.91 Å². The molecule has 0 fully saturated rings. The van der Waals surface area contributed by atoms with Crippen LogP contribution in [0.4, 0.5) is 18.9 Å². The van der Waals surface area contributed by atoms with Crippen LogP contribution in [0.15, 0.2) is 83.8 Å². The van der Waals surface area contributed by atoms with E-state index in [1.54, 1.807) is 30.3 Å². The van der Waals surface area contributed by atoms with Gasteiger partial charge in [0, 0.05) is 11.3 Å². The van der Waals surface area contributed by atoms with Crippen LogP contribution in [0, 0.1) is 0 Å². The van der Waals surface area contributed by atoms with Gasteiger partial charge in [-0.1, -0.05) is 30.3 Å². The van der Waals surface area contributed by atoms with Gasteiger partial charge in [-0.15, -0.1) is 13.2 Å². The minimum Gasteiger partial charge on any atom is -0.406 e. The first-order chi connectivity index (χ1) is 14.1. The lowest BCUT2D eigenvalue weighted by atomic mass is 10.1. The predicted molar refractivity (Wildman–Crippen MR) is 105 cm³/mol. The summed E-state index contributed by atoms with van der Waals surface area (Å²) in [6.07, 6.45) is -4.80. The lowest BCUT2D eigenvalue weighted by Crippen LogP contribution is -2.17. The molecule has 3 aromatic rings. The molecule has 1 N–H and O–H groups in total. The van der Waals surface area contributed by atoms with Crippen LogP contribution in [-0.4, -0.2) is 20.7 Å². The van der Waals surface area contributed by atoms with Crippen LogP contribution in [0.25, 0.3) is 0 Å². The molecule has 0 saturated heterocycles. The molecule has 0 radical (unpaired) electrons. The Bertz CT molecular complexity index is 1130. The van der Waals surface area contributed by atoms with Crippen LogP contribution in [0.5, 0.6) is 5.75 Å². The number of alkyl halides is 3. The Balaban J connectivity index is 1.70. The number of halogens is 3. The number of hydrogen-bond donors (Lipinski definition) is 1. The SMILES string of the molecule is O=C(Nc1ccc(OC(F)(F)F)cc1)c1cccc(CS(=O)(=O)c2ccccc2)c1. The minimum atomic E-state index is -4.80. The number of carbonyl (C=O) groups is 1. The molecule has 0 unspecified atom stereocenters. The molecule has 5 nitrogen and oxygen atoms in total. The number of anilines is 1. The van der Waals surface area contributed by atoms with Crippen LogP contribution < -0.4 is 10.1 Å². The van der Waals surface area contributed by atoms with Crippen molar-refractivity contribution in [3.8, 4) is 5.75 Å². The van der Waals surface area contributed by atoms with Crippen molar-refractivity contribution < 1.29 is 31.1 Å². The predicted octanol–water partition coefficient (Wildman–Crippen LogP) is 4.81. The number of benzene rings is 3. The lowest BCUT2D eigenvalue weighted by Gasteiger charge is -2.10. The van der Waals surface area contributed by atoms with Gasteiger partial charge >= 0.3 is 6.36 Å². The maximum absolute atomic E-state index is 12.5. The van der Waals surface area contributed by atoms with Gasteiger partial charge in [0.15, 0.2) is 9.84 Å². The molecule has 0 atom stereocenters. The molecule has 30 heavy (non-hydrogen) atoms. The molecule has 1 amide bonds. The summed E-state index contributed by atoms with van der Waals surface area (Å²) >= 11 is 0. The van der Waals surface area contributed by atoms with E-state index in [9.17, 15) is 26.4 Å². The molecule has 3 aromatic carbocycles. The van der Waals surface area contributed by atoms with Crippen molar-refractivity contribution in [1.29, 1.82) is 0 Å². The highest BCUT2D eigenvalue weighted by Gasteiger charge is 2.31. The first kappa shape index (κ1) is 21.4. The van der Waals surface area contributed by atoms with Gasteiger partial charge in [0.2, 0.25) is 0 Å². The summed E-state index contributed by atoms with van der Waals surface area (Å²) in [4.78, 5) is 12.6. The molecule has 0 aromatic heterocycles. The van der Waals surface area contributed by atoms with Gasteiger partial charge in [-0.2, -0.15) is 0 Å². The van der Waals surface area contributed by atoms with E-state index in [-0.39, 0.29) is 21.9 Å². The van der Waals surface area contributed by atoms with Crippen molar-refractivity contribution in [1.82, 2.24) is 0 Å². The van der Waals surface area contributed by atoms with Gasteiger partial charge < -0.3 is 10.1 Å². The van der Waals surface area contributed by atoms with Gasteiger partial charge in [-0.05, 0) is 54.1 Å². The highest BCUT2D eigenvalue weighted by atomic mass is 32.2. The second-order valence-corrected chi connectivity index (χ2v) is 8.29. The fraction of sp³-hybridized carbons (Fsp3) is 0.0952. The number of nitrogens with one attached hydrogen (secondary N) is 1. The summed E-state index contributed by atoms with van der Waals surface area (Å²) in [7, 11) is -3.57. The van der Waals surface area contributed by atoms with Gasteiger partial charge in [-0.3, -0.25) is 4.79 Å². The summed E-state index contributed by atoms with van der Waals surface area (Å²) < 4.78 is 65.4. The Morgan fingerprint density at radius 2 is 1.57 bits per heavy atom. The van der Waals surface area contributed by atoms with Crippen molar-refractivity contribution in [2.45, 2.75) is 17.0 Å². The smallest absolute Gasteiger partial charge is 0.406 e. The van der Waals surface area contributed by atoms with E-state index in [2.05, 4.69) is 10.1 Å². The first-order valence-electron chi connectivity index (χ1n) is 8.66. The summed E-state index contributed by atoms with van der Waals surface area (Å²) in [6, 6.07) is 18.8. The zero-order valence-corrected chi connectivity index (χ0v) is 16.2. The molecule has 0 aliphatic rings. The second-order valence-electron chi connectivity index (χ2n) is 6.30. The number of amides is 1.